The van der Waals surface area contributed by atoms with Gasteiger partial charge in [0.25, 0.3) is 5.56 Å². The summed E-state index contributed by atoms with van der Waals surface area (Å²) < 4.78 is 33.4. The van der Waals surface area contributed by atoms with Crippen molar-refractivity contribution in [3.8, 4) is 0 Å². The van der Waals surface area contributed by atoms with Gasteiger partial charge in [-0.3, -0.25) is 9.20 Å². The van der Waals surface area contributed by atoms with Crippen LogP contribution in [-0.4, -0.2) is 30.3 Å². The van der Waals surface area contributed by atoms with Crippen LogP contribution in [-0.2, 0) is 21.4 Å². The van der Waals surface area contributed by atoms with Gasteiger partial charge in [0.05, 0.1) is 16.2 Å². The molecule has 0 saturated carbocycles. The highest BCUT2D eigenvalue weighted by Gasteiger charge is 2.16. The molecule has 1 N–H and O–H groups in total. The third-order valence-electron chi connectivity index (χ3n) is 3.63. The van der Waals surface area contributed by atoms with Gasteiger partial charge in [0, 0.05) is 24.2 Å². The number of rotatable bonds is 7. The fourth-order valence-electron chi connectivity index (χ4n) is 2.29. The second-order valence-electron chi connectivity index (χ2n) is 5.64. The number of hydrogen-bond donors (Lipinski definition) is 1. The number of benzene rings is 1. The van der Waals surface area contributed by atoms with Crippen LogP contribution in [0.5, 0.6) is 0 Å². The second-order valence-corrected chi connectivity index (χ2v) is 8.28. The molecule has 0 amide bonds. The molecule has 0 fully saturated rings. The average molecular weight is 407 g/mol. The van der Waals surface area contributed by atoms with E-state index in [0.29, 0.717) is 23.6 Å². The Bertz CT molecular complexity index is 1130. The van der Waals surface area contributed by atoms with Gasteiger partial charge in [-0.2, -0.15) is 0 Å². The lowest BCUT2D eigenvalue weighted by Crippen LogP contribution is -2.24. The molecule has 1 aromatic carbocycles. The maximum Gasteiger partial charge on any atom is 0.338 e. The van der Waals surface area contributed by atoms with E-state index < -0.39 is 16.0 Å². The maximum absolute atomic E-state index is 12.3. The van der Waals surface area contributed by atoms with E-state index in [0.717, 1.165) is 0 Å². The Kier molecular flexibility index (Phi) is 5.68. The Balaban J connectivity index is 1.74. The summed E-state index contributed by atoms with van der Waals surface area (Å²) in [5, 5.41) is 1.73. The molecule has 0 aliphatic carbocycles. The lowest BCUT2D eigenvalue weighted by molar-refractivity contribution is 0.0467. The van der Waals surface area contributed by atoms with Gasteiger partial charge >= 0.3 is 5.97 Å². The first kappa shape index (κ1) is 19.2. The summed E-state index contributed by atoms with van der Waals surface area (Å²) >= 11 is 1.30. The van der Waals surface area contributed by atoms with Crippen molar-refractivity contribution in [2.45, 2.75) is 24.8 Å². The van der Waals surface area contributed by atoms with E-state index in [-0.39, 0.29) is 22.6 Å². The summed E-state index contributed by atoms with van der Waals surface area (Å²) in [5.41, 5.74) is 0.162. The first-order valence-electron chi connectivity index (χ1n) is 8.13. The normalized spacial score (nSPS) is 11.6. The smallest absolute Gasteiger partial charge is 0.338 e. The number of carbonyl (C=O) groups excluding carboxylic acids is 1. The Morgan fingerprint density at radius 2 is 2.15 bits per heavy atom. The Hall–Kier alpha value is -2.56. The van der Waals surface area contributed by atoms with E-state index in [1.54, 1.807) is 11.6 Å². The molecule has 3 aromatic rings. The summed E-state index contributed by atoms with van der Waals surface area (Å²) in [6.07, 6.45) is 2.27. The summed E-state index contributed by atoms with van der Waals surface area (Å²) in [4.78, 5) is 28.9. The highest BCUT2D eigenvalue weighted by molar-refractivity contribution is 7.89. The molecule has 3 rings (SSSR count). The SMILES string of the molecule is CCCNS(=O)(=O)c1cccc(C(=O)OCc2cc(=O)n3ccsc3n2)c1. The molecule has 0 spiro atoms. The summed E-state index contributed by atoms with van der Waals surface area (Å²) in [6.45, 7) is 1.97. The predicted molar refractivity (Wildman–Crippen MR) is 100 cm³/mol. The van der Waals surface area contributed by atoms with Crippen molar-refractivity contribution in [1.29, 1.82) is 0 Å². The van der Waals surface area contributed by atoms with Crippen LogP contribution in [0, 0.1) is 0 Å². The second kappa shape index (κ2) is 7.99. The largest absolute Gasteiger partial charge is 0.456 e. The van der Waals surface area contributed by atoms with Crippen LogP contribution in [0.2, 0.25) is 0 Å². The van der Waals surface area contributed by atoms with Gasteiger partial charge in [0.1, 0.15) is 6.61 Å². The fourth-order valence-corrected chi connectivity index (χ4v) is 4.21. The number of ether oxygens (including phenoxy) is 1. The molecule has 10 heteroatoms. The van der Waals surface area contributed by atoms with Crippen molar-refractivity contribution in [2.24, 2.45) is 0 Å². The molecule has 0 bridgehead atoms. The van der Waals surface area contributed by atoms with Crippen LogP contribution in [0.3, 0.4) is 0 Å². The van der Waals surface area contributed by atoms with Gasteiger partial charge in [0.2, 0.25) is 10.0 Å². The molecule has 0 radical (unpaired) electrons. The van der Waals surface area contributed by atoms with Crippen molar-refractivity contribution < 1.29 is 17.9 Å². The van der Waals surface area contributed by atoms with E-state index in [2.05, 4.69) is 9.71 Å². The van der Waals surface area contributed by atoms with Crippen LogP contribution < -0.4 is 10.3 Å². The number of nitrogens with zero attached hydrogens (tertiary/aromatic N) is 2. The van der Waals surface area contributed by atoms with E-state index in [1.807, 2.05) is 6.92 Å². The van der Waals surface area contributed by atoms with Gasteiger partial charge < -0.3 is 4.74 Å². The topological polar surface area (TPSA) is 107 Å². The standard InChI is InChI=1S/C17H17N3O5S2/c1-2-6-18-27(23,24)14-5-3-4-12(9-14)16(22)25-11-13-10-15(21)20-7-8-26-17(20)19-13/h3-5,7-10,18H,2,6,11H2,1H3. The van der Waals surface area contributed by atoms with Gasteiger partial charge in [-0.1, -0.05) is 13.0 Å². The first-order valence-corrected chi connectivity index (χ1v) is 10.5. The van der Waals surface area contributed by atoms with Crippen molar-refractivity contribution in [1.82, 2.24) is 14.1 Å². The Labute approximate surface area is 159 Å². The van der Waals surface area contributed by atoms with Crippen molar-refractivity contribution in [3.63, 3.8) is 0 Å². The molecular weight excluding hydrogens is 390 g/mol. The van der Waals surface area contributed by atoms with E-state index in [9.17, 15) is 18.0 Å². The molecule has 142 valence electrons. The average Bonchev–Trinajstić information content (AvgIpc) is 3.14. The van der Waals surface area contributed by atoms with E-state index >= 15 is 0 Å². The third-order valence-corrected chi connectivity index (χ3v) is 5.84. The van der Waals surface area contributed by atoms with Gasteiger partial charge in [-0.25, -0.2) is 22.9 Å². The molecule has 0 aliphatic rings. The lowest BCUT2D eigenvalue weighted by Gasteiger charge is -2.08. The molecule has 2 heterocycles. The van der Waals surface area contributed by atoms with Crippen molar-refractivity contribution in [3.05, 3.63) is 63.5 Å². The van der Waals surface area contributed by atoms with Crippen LogP contribution in [0.1, 0.15) is 29.4 Å². The van der Waals surface area contributed by atoms with Gasteiger partial charge in [0.15, 0.2) is 4.96 Å². The number of hydrogen-bond acceptors (Lipinski definition) is 7. The number of aromatic nitrogens is 2. The zero-order valence-corrected chi connectivity index (χ0v) is 16.0. The van der Waals surface area contributed by atoms with E-state index in [1.165, 1.54) is 46.1 Å². The third kappa shape index (κ3) is 4.41. The lowest BCUT2D eigenvalue weighted by atomic mass is 10.2. The van der Waals surface area contributed by atoms with Gasteiger partial charge in [-0.15, -0.1) is 11.3 Å². The minimum absolute atomic E-state index is 0.0122. The number of esters is 1. The zero-order valence-electron chi connectivity index (χ0n) is 14.4. The molecule has 0 unspecified atom stereocenters. The van der Waals surface area contributed by atoms with Crippen LogP contribution in [0.15, 0.2) is 51.6 Å². The molecule has 0 atom stereocenters. The molecule has 27 heavy (non-hydrogen) atoms. The fraction of sp³-hybridized carbons (Fsp3) is 0.235. The number of carbonyl (C=O) groups is 1. The van der Waals surface area contributed by atoms with E-state index in [4.69, 9.17) is 4.74 Å². The number of thiazole rings is 1. The summed E-state index contributed by atoms with van der Waals surface area (Å²) in [6, 6.07) is 6.89. The Morgan fingerprint density at radius 3 is 2.93 bits per heavy atom. The van der Waals surface area contributed by atoms with Crippen LogP contribution >= 0.6 is 11.3 Å². The van der Waals surface area contributed by atoms with Crippen molar-refractivity contribution >= 4 is 32.3 Å². The quantitative estimate of drug-likeness (QED) is 0.599. The molecule has 8 nitrogen and oxygen atoms in total. The maximum atomic E-state index is 12.3. The highest BCUT2D eigenvalue weighted by atomic mass is 32.2. The Morgan fingerprint density at radius 1 is 1.33 bits per heavy atom. The first-order chi connectivity index (χ1) is 12.9. The minimum Gasteiger partial charge on any atom is -0.456 e. The van der Waals surface area contributed by atoms with Gasteiger partial charge in [-0.05, 0) is 24.6 Å². The summed E-state index contributed by atoms with van der Waals surface area (Å²) in [7, 11) is -3.68. The minimum atomic E-state index is -3.68. The van der Waals surface area contributed by atoms with Crippen LogP contribution in [0.4, 0.5) is 0 Å². The highest BCUT2D eigenvalue weighted by Crippen LogP contribution is 2.13. The molecule has 0 aliphatic heterocycles. The molecule has 0 saturated heterocycles. The summed E-state index contributed by atoms with van der Waals surface area (Å²) in [5.74, 6) is -0.698. The molecular formula is C17H17N3O5S2. The predicted octanol–water partition coefficient (Wildman–Crippen LogP) is 1.80. The number of nitrogens with one attached hydrogen (secondary N) is 1. The molecule has 2 aromatic heterocycles. The number of sulfonamides is 1. The zero-order chi connectivity index (χ0) is 19.4. The number of fused-ring (bicyclic) bond motifs is 1. The van der Waals surface area contributed by atoms with Crippen LogP contribution in [0.25, 0.3) is 4.96 Å². The monoisotopic (exact) mass is 407 g/mol. The van der Waals surface area contributed by atoms with Crippen molar-refractivity contribution in [2.75, 3.05) is 6.54 Å².